The molecule has 0 saturated carbocycles. The van der Waals surface area contributed by atoms with Crippen LogP contribution < -0.4 is 5.32 Å². The summed E-state index contributed by atoms with van der Waals surface area (Å²) in [6, 6.07) is 0. The van der Waals surface area contributed by atoms with Gasteiger partial charge in [-0.05, 0) is 19.3 Å². The van der Waals surface area contributed by atoms with Crippen molar-refractivity contribution in [3.63, 3.8) is 0 Å². The van der Waals surface area contributed by atoms with Crippen molar-refractivity contribution in [2.24, 2.45) is 0 Å². The third-order valence-electron chi connectivity index (χ3n) is 3.74. The molecule has 0 aliphatic rings. The van der Waals surface area contributed by atoms with E-state index in [1.54, 1.807) is 0 Å². The number of rotatable bonds is 23. The summed E-state index contributed by atoms with van der Waals surface area (Å²) >= 11 is 0. The molecule has 0 radical (unpaired) electrons. The summed E-state index contributed by atoms with van der Waals surface area (Å²) in [5, 5.41) is 2.74. The van der Waals surface area contributed by atoms with Gasteiger partial charge < -0.3 is 33.9 Å². The Morgan fingerprint density at radius 2 is 1.24 bits per heavy atom. The molecular weight excluding hydrogens is 382 g/mol. The summed E-state index contributed by atoms with van der Waals surface area (Å²) in [6.45, 7) is 1.84. The summed E-state index contributed by atoms with van der Waals surface area (Å²) in [7, 11) is 0. The van der Waals surface area contributed by atoms with Crippen LogP contribution in [0.15, 0.2) is 0 Å². The zero-order chi connectivity index (χ0) is 23.2. The third kappa shape index (κ3) is 22.5. The van der Waals surface area contributed by atoms with Crippen molar-refractivity contribution < 1.29 is 40.9 Å². The molecule has 0 unspecified atom stereocenters. The lowest BCUT2D eigenvalue weighted by Gasteiger charge is -2.07. The highest BCUT2D eigenvalue weighted by atomic mass is 16.5. The Labute approximate surface area is 175 Å². The number of nitrogens with one attached hydrogen (secondary N) is 1. The zero-order valence-corrected chi connectivity index (χ0v) is 17.1. The second-order valence-electron chi connectivity index (χ2n) is 6.17. The second-order valence-corrected chi connectivity index (χ2v) is 6.17. The van der Waals surface area contributed by atoms with E-state index in [0.29, 0.717) is 58.7 Å². The van der Waals surface area contributed by atoms with Gasteiger partial charge in [-0.15, -0.1) is 0 Å². The van der Waals surface area contributed by atoms with E-state index >= 15 is 0 Å². The molecule has 1 amide bonds. The molecule has 0 fully saturated rings. The van der Waals surface area contributed by atoms with E-state index in [9.17, 15) is 19.2 Å². The van der Waals surface area contributed by atoms with Crippen molar-refractivity contribution >= 4 is 24.2 Å². The van der Waals surface area contributed by atoms with Crippen molar-refractivity contribution in [2.75, 3.05) is 59.4 Å². The summed E-state index contributed by atoms with van der Waals surface area (Å²) in [5.41, 5.74) is 0. The number of carbonyl (C=O) groups excluding carboxylic acids is 4. The lowest BCUT2D eigenvalue weighted by atomic mass is 10.1. The van der Waals surface area contributed by atoms with Crippen LogP contribution in [0.25, 0.3) is 0 Å². The number of ether oxygens (including phenoxy) is 4. The fraction of sp³-hybridized carbons (Fsp3) is 0.800. The van der Waals surface area contributed by atoms with Crippen LogP contribution in [0.5, 0.6) is 0 Å². The third-order valence-corrected chi connectivity index (χ3v) is 3.74. The Morgan fingerprint density at radius 1 is 0.690 bits per heavy atom. The molecule has 1 N–H and O–H groups in total. The predicted molar refractivity (Wildman–Crippen MR) is 106 cm³/mol. The van der Waals surface area contributed by atoms with Crippen molar-refractivity contribution in [1.82, 2.24) is 5.32 Å². The molecule has 0 aliphatic carbocycles. The molecule has 0 aromatic rings. The number of hydrogen-bond donors (Lipinski definition) is 1. The van der Waals surface area contributed by atoms with Crippen molar-refractivity contribution in [2.45, 2.75) is 44.9 Å². The van der Waals surface area contributed by atoms with Crippen LogP contribution in [-0.4, -0.2) is 83.6 Å². The zero-order valence-electron chi connectivity index (χ0n) is 19.1. The van der Waals surface area contributed by atoms with E-state index < -0.39 is 12.5 Å². The number of Topliss-reactive ketones (excluding diaryl/α,β-unsaturated/α-hetero) is 1. The van der Waals surface area contributed by atoms with Gasteiger partial charge in [-0.25, -0.2) is 0 Å². The molecule has 9 heteroatoms. The standard InChI is InChI=1S/C20H35NO8/c22-9-13-28-17-15-26-11-4-6-19(24)5-2-1-3-7-20(25)21-8-12-27-16-18-29-14-10-23/h9-10H,1-8,11-18H2,(H,21,25)/i9T,10T. The van der Waals surface area contributed by atoms with Gasteiger partial charge in [0.15, 0.2) is 0 Å². The first-order chi connectivity index (χ1) is 14.9. The molecule has 0 rings (SSSR count). The van der Waals surface area contributed by atoms with Crippen molar-refractivity contribution in [3.8, 4) is 0 Å². The Balaban J connectivity index is 3.33. The molecule has 0 aliphatic heterocycles. The Kier molecular flexibility index (Phi) is 18.4. The largest absolute Gasteiger partial charge is 0.379 e. The Morgan fingerprint density at radius 3 is 1.90 bits per heavy atom. The maximum Gasteiger partial charge on any atom is 0.220 e. The number of amides is 1. The summed E-state index contributed by atoms with van der Waals surface area (Å²) < 4.78 is 33.6. The first kappa shape index (κ1) is 23.6. The fourth-order valence-electron chi connectivity index (χ4n) is 2.30. The molecule has 0 spiro atoms. The fourth-order valence-corrected chi connectivity index (χ4v) is 2.30. The van der Waals surface area contributed by atoms with E-state index in [4.69, 9.17) is 21.7 Å². The van der Waals surface area contributed by atoms with Gasteiger partial charge in [0.05, 0.1) is 33.0 Å². The highest BCUT2D eigenvalue weighted by Gasteiger charge is 2.04. The summed E-state index contributed by atoms with van der Waals surface area (Å²) in [5.74, 6) is 0.122. The lowest BCUT2D eigenvalue weighted by molar-refractivity contribution is -0.121. The first-order valence-corrected chi connectivity index (χ1v) is 10.00. The minimum atomic E-state index is -0.776. The average molecular weight is 422 g/mol. The topological polar surface area (TPSA) is 117 Å². The van der Waals surface area contributed by atoms with E-state index in [-0.39, 0.29) is 38.1 Å². The van der Waals surface area contributed by atoms with E-state index in [0.717, 1.165) is 19.3 Å². The number of unbranched alkanes of at least 4 members (excludes halogenated alkanes) is 2. The van der Waals surface area contributed by atoms with Gasteiger partial charge >= 0.3 is 0 Å². The molecule has 0 saturated heterocycles. The van der Waals surface area contributed by atoms with Gasteiger partial charge in [-0.2, -0.15) is 0 Å². The van der Waals surface area contributed by atoms with Crippen LogP contribution in [0, 0.1) is 0 Å². The number of hydrogen-bond acceptors (Lipinski definition) is 8. The maximum absolute atomic E-state index is 11.8. The first-order valence-electron chi connectivity index (χ1n) is 11.0. The highest BCUT2D eigenvalue weighted by Crippen LogP contribution is 2.06. The van der Waals surface area contributed by atoms with Gasteiger partial charge in [0.2, 0.25) is 5.91 Å². The van der Waals surface area contributed by atoms with Gasteiger partial charge in [-0.1, -0.05) is 6.42 Å². The molecule has 9 nitrogen and oxygen atoms in total. The Hall–Kier alpha value is -1.68. The van der Waals surface area contributed by atoms with Crippen LogP contribution in [-0.2, 0) is 38.1 Å². The smallest absolute Gasteiger partial charge is 0.220 e. The lowest BCUT2D eigenvalue weighted by Crippen LogP contribution is -2.27. The van der Waals surface area contributed by atoms with E-state index in [2.05, 4.69) is 5.32 Å². The predicted octanol–water partition coefficient (Wildman–Crippen LogP) is 0.867. The normalized spacial score (nSPS) is 11.6. The SMILES string of the molecule is [3H]C(=O)COCCOCCCC(=O)CCCCCC(=O)NCCOCCOCC([3H])=O. The molecule has 29 heavy (non-hydrogen) atoms. The minimum Gasteiger partial charge on any atom is -0.379 e. The van der Waals surface area contributed by atoms with Crippen molar-refractivity contribution in [3.05, 3.63) is 0 Å². The van der Waals surface area contributed by atoms with Gasteiger partial charge in [0.25, 0.3) is 0 Å². The van der Waals surface area contributed by atoms with Crippen LogP contribution in [0.1, 0.15) is 47.7 Å². The van der Waals surface area contributed by atoms with Crippen LogP contribution in [0.3, 0.4) is 0 Å². The molecule has 0 atom stereocenters. The maximum atomic E-state index is 11.8. The van der Waals surface area contributed by atoms with E-state index in [1.165, 1.54) is 0 Å². The van der Waals surface area contributed by atoms with Crippen LogP contribution in [0.4, 0.5) is 0 Å². The van der Waals surface area contributed by atoms with E-state index in [1.807, 2.05) is 0 Å². The molecule has 168 valence electrons. The Bertz CT molecular complexity index is 475. The number of carbonyl (C=O) groups is 4. The summed E-state index contributed by atoms with van der Waals surface area (Å²) in [6.07, 6.45) is 2.74. The number of aldehydes is 2. The number of ketones is 1. The van der Waals surface area contributed by atoms with Crippen molar-refractivity contribution in [1.29, 1.82) is 0 Å². The van der Waals surface area contributed by atoms with Gasteiger partial charge in [0.1, 0.15) is 34.3 Å². The van der Waals surface area contributed by atoms with Gasteiger partial charge in [0, 0.05) is 32.4 Å². The minimum absolute atomic E-state index is 0.0563. The monoisotopic (exact) mass is 421 g/mol. The summed E-state index contributed by atoms with van der Waals surface area (Å²) in [4.78, 5) is 44.2. The molecule has 0 aromatic carbocycles. The van der Waals surface area contributed by atoms with Crippen LogP contribution >= 0.6 is 0 Å². The average Bonchev–Trinajstić information content (AvgIpc) is 2.71. The second kappa shape index (κ2) is 22.6. The molecule has 0 aromatic heterocycles. The molecule has 0 heterocycles. The van der Waals surface area contributed by atoms with Gasteiger partial charge in [-0.3, -0.25) is 9.59 Å². The quantitative estimate of drug-likeness (QED) is 0.191. The highest BCUT2D eigenvalue weighted by molar-refractivity contribution is 5.78. The molecular formula is C20H35NO8. The van der Waals surface area contributed by atoms with Crippen LogP contribution in [0.2, 0.25) is 0 Å². The molecule has 0 bridgehead atoms.